The molecule has 6 nitrogen and oxygen atoms in total. The van der Waals surface area contributed by atoms with Gasteiger partial charge in [-0.3, -0.25) is 14.3 Å². The third kappa shape index (κ3) is 5.48. The third-order valence-electron chi connectivity index (χ3n) is 6.81. The van der Waals surface area contributed by atoms with Crippen molar-refractivity contribution in [2.75, 3.05) is 18.0 Å². The van der Waals surface area contributed by atoms with Crippen LogP contribution in [-0.2, 0) is 17.9 Å². The van der Waals surface area contributed by atoms with Gasteiger partial charge in [0.2, 0.25) is 5.91 Å². The van der Waals surface area contributed by atoms with Crippen molar-refractivity contribution in [1.29, 1.82) is 0 Å². The Hall–Kier alpha value is -2.63. The average Bonchev–Trinajstić information content (AvgIpc) is 3.57. The Labute approximate surface area is 197 Å². The fourth-order valence-electron chi connectivity index (χ4n) is 4.72. The Morgan fingerprint density at radius 1 is 1.03 bits per heavy atom. The molecule has 2 aliphatic rings. The number of fused-ring (bicyclic) bond motifs is 1. The van der Waals surface area contributed by atoms with E-state index in [2.05, 4.69) is 6.07 Å². The molecule has 0 bridgehead atoms. The minimum Gasteiger partial charge on any atom is -0.333 e. The smallest absolute Gasteiger partial charge is 0.272 e. The quantitative estimate of drug-likeness (QED) is 0.629. The first-order valence-electron chi connectivity index (χ1n) is 12.8. The van der Waals surface area contributed by atoms with Gasteiger partial charge in [0.25, 0.3) is 5.91 Å². The van der Waals surface area contributed by atoms with E-state index in [4.69, 9.17) is 5.10 Å². The number of aromatic nitrogens is 2. The number of aryl methyl sites for hydroxylation is 1. The Kier molecular flexibility index (Phi) is 7.51. The third-order valence-corrected chi connectivity index (χ3v) is 6.81. The van der Waals surface area contributed by atoms with E-state index in [1.54, 1.807) is 0 Å². The van der Waals surface area contributed by atoms with Crippen LogP contribution in [0.25, 0.3) is 0 Å². The normalized spacial score (nSPS) is 17.9. The summed E-state index contributed by atoms with van der Waals surface area (Å²) in [5.41, 5.74) is 3.73. The summed E-state index contributed by atoms with van der Waals surface area (Å²) in [4.78, 5) is 30.8. The Balaban J connectivity index is 1.67. The van der Waals surface area contributed by atoms with E-state index in [1.807, 2.05) is 59.5 Å². The van der Waals surface area contributed by atoms with E-state index >= 15 is 0 Å². The molecule has 6 heteroatoms. The summed E-state index contributed by atoms with van der Waals surface area (Å²) in [6.07, 6.45) is 7.69. The highest BCUT2D eigenvalue weighted by Crippen LogP contribution is 2.39. The number of anilines is 1. The van der Waals surface area contributed by atoms with Crippen molar-refractivity contribution in [3.63, 3.8) is 0 Å². The largest absolute Gasteiger partial charge is 0.333 e. The molecule has 1 aromatic carbocycles. The lowest BCUT2D eigenvalue weighted by Gasteiger charge is -2.30. The number of carbonyl (C=O) groups excluding carboxylic acids is 2. The first-order valence-corrected chi connectivity index (χ1v) is 12.8. The van der Waals surface area contributed by atoms with Crippen LogP contribution in [0.5, 0.6) is 0 Å². The molecule has 1 aliphatic heterocycles. The zero-order valence-electron chi connectivity index (χ0n) is 20.4. The van der Waals surface area contributed by atoms with Gasteiger partial charge in [0.05, 0.1) is 5.69 Å². The van der Waals surface area contributed by atoms with E-state index < -0.39 is 0 Å². The standard InChI is InChI=1S/C27H38N4O2/c1-4-31-25(18-23(28-31)21-14-15-21)27(33)29-16-10-6-5-7-11-17-30(26(32)20(2)3)24-13-9-8-12-22(24)19-29/h8-9,12-13,18,20-21H,4-7,10-11,14-17,19H2,1-3H3. The molecule has 2 aromatic rings. The highest BCUT2D eigenvalue weighted by atomic mass is 16.2. The van der Waals surface area contributed by atoms with E-state index in [-0.39, 0.29) is 17.7 Å². The molecule has 1 saturated carbocycles. The molecule has 0 N–H and O–H groups in total. The molecule has 0 radical (unpaired) electrons. The highest BCUT2D eigenvalue weighted by Gasteiger charge is 2.30. The molecule has 1 aliphatic carbocycles. The molecule has 1 aromatic heterocycles. The van der Waals surface area contributed by atoms with Crippen LogP contribution < -0.4 is 4.90 Å². The van der Waals surface area contributed by atoms with Crippen molar-refractivity contribution in [2.24, 2.45) is 5.92 Å². The van der Waals surface area contributed by atoms with E-state index in [1.165, 1.54) is 12.8 Å². The number of rotatable bonds is 4. The number of benzene rings is 1. The minimum atomic E-state index is -0.0663. The maximum absolute atomic E-state index is 13.8. The molecule has 0 spiro atoms. The monoisotopic (exact) mass is 450 g/mol. The molecular formula is C27H38N4O2. The predicted molar refractivity (Wildman–Crippen MR) is 131 cm³/mol. The lowest BCUT2D eigenvalue weighted by Crippen LogP contribution is -2.38. The molecule has 2 amide bonds. The molecule has 2 heterocycles. The Morgan fingerprint density at radius 2 is 1.73 bits per heavy atom. The zero-order chi connectivity index (χ0) is 23.4. The van der Waals surface area contributed by atoms with Gasteiger partial charge in [0.15, 0.2) is 0 Å². The van der Waals surface area contributed by atoms with Crippen LogP contribution >= 0.6 is 0 Å². The van der Waals surface area contributed by atoms with Gasteiger partial charge in [-0.25, -0.2) is 0 Å². The minimum absolute atomic E-state index is 0.0462. The molecule has 33 heavy (non-hydrogen) atoms. The Morgan fingerprint density at radius 3 is 2.42 bits per heavy atom. The number of hydrogen-bond acceptors (Lipinski definition) is 3. The van der Waals surface area contributed by atoms with E-state index in [0.717, 1.165) is 62.1 Å². The summed E-state index contributed by atoms with van der Waals surface area (Å²) in [6, 6.07) is 10.1. The number of nitrogens with zero attached hydrogens (tertiary/aromatic N) is 4. The lowest BCUT2D eigenvalue weighted by molar-refractivity contribution is -0.121. The lowest BCUT2D eigenvalue weighted by atomic mass is 10.0. The molecule has 1 fully saturated rings. The van der Waals surface area contributed by atoms with Crippen LogP contribution in [0.15, 0.2) is 30.3 Å². The van der Waals surface area contributed by atoms with E-state index in [0.29, 0.717) is 24.7 Å². The van der Waals surface area contributed by atoms with Gasteiger partial charge in [-0.2, -0.15) is 5.10 Å². The second-order valence-electron chi connectivity index (χ2n) is 9.81. The van der Waals surface area contributed by atoms with Gasteiger partial charge in [0, 0.05) is 43.7 Å². The fourth-order valence-corrected chi connectivity index (χ4v) is 4.72. The molecule has 178 valence electrons. The zero-order valence-corrected chi connectivity index (χ0v) is 20.4. The first kappa shape index (κ1) is 23.5. The van der Waals surface area contributed by atoms with Crippen molar-refractivity contribution in [3.05, 3.63) is 47.3 Å². The first-order chi connectivity index (χ1) is 16.0. The van der Waals surface area contributed by atoms with Gasteiger partial charge in [-0.05, 0) is 50.3 Å². The molecule has 0 unspecified atom stereocenters. The maximum atomic E-state index is 13.8. The maximum Gasteiger partial charge on any atom is 0.272 e. The summed E-state index contributed by atoms with van der Waals surface area (Å²) in [6.45, 7) is 8.61. The molecular weight excluding hydrogens is 412 g/mol. The molecule has 0 saturated heterocycles. The Bertz CT molecular complexity index is 976. The van der Waals surface area contributed by atoms with Crippen molar-refractivity contribution in [1.82, 2.24) is 14.7 Å². The number of amides is 2. The highest BCUT2D eigenvalue weighted by molar-refractivity contribution is 5.96. The van der Waals surface area contributed by atoms with Crippen LogP contribution in [0.4, 0.5) is 5.69 Å². The van der Waals surface area contributed by atoms with Gasteiger partial charge in [0.1, 0.15) is 5.69 Å². The number of para-hydroxylation sites is 1. The number of hydrogen-bond donors (Lipinski definition) is 0. The average molecular weight is 451 g/mol. The SMILES string of the molecule is CCn1nc(C2CC2)cc1C(=O)N1CCCCCCCN(C(=O)C(C)C)c2ccccc2C1. The van der Waals surface area contributed by atoms with Gasteiger partial charge in [-0.1, -0.05) is 51.3 Å². The van der Waals surface area contributed by atoms with E-state index in [9.17, 15) is 9.59 Å². The van der Waals surface area contributed by atoms with Gasteiger partial charge in [-0.15, -0.1) is 0 Å². The summed E-state index contributed by atoms with van der Waals surface area (Å²) in [7, 11) is 0. The van der Waals surface area contributed by atoms with Crippen LogP contribution in [0.3, 0.4) is 0 Å². The molecule has 0 atom stereocenters. The topological polar surface area (TPSA) is 58.4 Å². The van der Waals surface area contributed by atoms with Crippen molar-refractivity contribution in [2.45, 2.75) is 84.7 Å². The van der Waals surface area contributed by atoms with Crippen molar-refractivity contribution < 1.29 is 9.59 Å². The van der Waals surface area contributed by atoms with Crippen LogP contribution in [-0.4, -0.2) is 39.6 Å². The second-order valence-corrected chi connectivity index (χ2v) is 9.81. The van der Waals surface area contributed by atoms with Crippen LogP contribution in [0.1, 0.15) is 93.4 Å². The summed E-state index contributed by atoms with van der Waals surface area (Å²) in [5, 5.41) is 4.72. The second kappa shape index (κ2) is 10.5. The predicted octanol–water partition coefficient (Wildman–Crippen LogP) is 5.38. The van der Waals surface area contributed by atoms with Crippen LogP contribution in [0, 0.1) is 5.92 Å². The summed E-state index contributed by atoms with van der Waals surface area (Å²) >= 11 is 0. The summed E-state index contributed by atoms with van der Waals surface area (Å²) in [5.74, 6) is 0.649. The van der Waals surface area contributed by atoms with Crippen molar-refractivity contribution >= 4 is 17.5 Å². The van der Waals surface area contributed by atoms with Gasteiger partial charge >= 0.3 is 0 Å². The number of carbonyl (C=O) groups is 2. The fraction of sp³-hybridized carbons (Fsp3) is 0.593. The molecule has 4 rings (SSSR count). The summed E-state index contributed by atoms with van der Waals surface area (Å²) < 4.78 is 1.87. The van der Waals surface area contributed by atoms with Crippen molar-refractivity contribution in [3.8, 4) is 0 Å². The van der Waals surface area contributed by atoms with Gasteiger partial charge < -0.3 is 9.80 Å². The van der Waals surface area contributed by atoms with Crippen LogP contribution in [0.2, 0.25) is 0 Å².